The molecule has 2 aromatic carbocycles. The van der Waals surface area contributed by atoms with Crippen molar-refractivity contribution in [1.82, 2.24) is 4.31 Å². The molecule has 1 N–H and O–H groups in total. The van der Waals surface area contributed by atoms with E-state index in [0.29, 0.717) is 42.4 Å². The van der Waals surface area contributed by atoms with Crippen LogP contribution < -0.4 is 14.8 Å². The van der Waals surface area contributed by atoms with Crippen LogP contribution in [0.5, 0.6) is 11.5 Å². The van der Waals surface area contributed by atoms with Crippen molar-refractivity contribution >= 4 is 21.6 Å². The molecule has 1 heterocycles. The van der Waals surface area contributed by atoms with E-state index >= 15 is 0 Å². The lowest BCUT2D eigenvalue weighted by atomic mass is 10.2. The van der Waals surface area contributed by atoms with E-state index in [0.717, 1.165) is 12.8 Å². The van der Waals surface area contributed by atoms with E-state index in [9.17, 15) is 13.2 Å². The molecular formula is C21H23N3O5S. The van der Waals surface area contributed by atoms with E-state index in [1.54, 1.807) is 37.3 Å². The molecule has 0 spiro atoms. The summed E-state index contributed by atoms with van der Waals surface area (Å²) in [4.78, 5) is 12.5. The maximum Gasteiger partial charge on any atom is 0.262 e. The molecule has 1 amide bonds. The molecule has 1 fully saturated rings. The lowest BCUT2D eigenvalue weighted by molar-refractivity contribution is -0.118. The van der Waals surface area contributed by atoms with Gasteiger partial charge in [-0.15, -0.1) is 0 Å². The van der Waals surface area contributed by atoms with Gasteiger partial charge < -0.3 is 14.8 Å². The van der Waals surface area contributed by atoms with Gasteiger partial charge in [0.25, 0.3) is 5.91 Å². The first kappa shape index (κ1) is 21.6. The summed E-state index contributed by atoms with van der Waals surface area (Å²) in [6.45, 7) is 2.92. The van der Waals surface area contributed by atoms with E-state index in [1.165, 1.54) is 16.4 Å². The van der Waals surface area contributed by atoms with Crippen LogP contribution in [0.3, 0.4) is 0 Å². The first-order valence-electron chi connectivity index (χ1n) is 9.64. The predicted octanol–water partition coefficient (Wildman–Crippen LogP) is 2.76. The molecule has 0 aliphatic carbocycles. The van der Waals surface area contributed by atoms with Gasteiger partial charge in [-0.2, -0.15) is 9.57 Å². The second kappa shape index (κ2) is 9.61. The maximum atomic E-state index is 12.7. The molecule has 0 unspecified atom stereocenters. The Morgan fingerprint density at radius 3 is 2.60 bits per heavy atom. The number of hydrogen-bond acceptors (Lipinski definition) is 6. The SMILES string of the molecule is CCOc1cc(C#N)ccc1OCC(=O)Nc1cccc(S(=O)(=O)N2CCCC2)c1. The molecule has 0 radical (unpaired) electrons. The summed E-state index contributed by atoms with van der Waals surface area (Å²) in [6, 6.07) is 12.9. The van der Waals surface area contributed by atoms with Gasteiger partial charge in [0.1, 0.15) is 0 Å². The number of rotatable bonds is 8. The fourth-order valence-corrected chi connectivity index (χ4v) is 4.68. The number of benzene rings is 2. The van der Waals surface area contributed by atoms with Crippen LogP contribution >= 0.6 is 0 Å². The minimum absolute atomic E-state index is 0.147. The summed E-state index contributed by atoms with van der Waals surface area (Å²) in [7, 11) is -3.56. The normalized spacial score (nSPS) is 14.1. The lowest BCUT2D eigenvalue weighted by Crippen LogP contribution is -2.28. The number of nitrogens with one attached hydrogen (secondary N) is 1. The third kappa shape index (κ3) is 5.09. The van der Waals surface area contributed by atoms with Gasteiger partial charge in [0.15, 0.2) is 18.1 Å². The Kier molecular flexibility index (Phi) is 6.92. The zero-order valence-corrected chi connectivity index (χ0v) is 17.4. The van der Waals surface area contributed by atoms with Crippen LogP contribution in [0.1, 0.15) is 25.3 Å². The molecule has 1 saturated heterocycles. The van der Waals surface area contributed by atoms with Crippen LogP contribution in [-0.2, 0) is 14.8 Å². The Labute approximate surface area is 176 Å². The second-order valence-corrected chi connectivity index (χ2v) is 8.62. The van der Waals surface area contributed by atoms with Gasteiger partial charge in [-0.3, -0.25) is 4.79 Å². The number of ether oxygens (including phenoxy) is 2. The number of sulfonamides is 1. The first-order chi connectivity index (χ1) is 14.4. The van der Waals surface area contributed by atoms with Crippen LogP contribution in [0.25, 0.3) is 0 Å². The molecule has 0 atom stereocenters. The number of nitriles is 1. The topological polar surface area (TPSA) is 109 Å². The largest absolute Gasteiger partial charge is 0.490 e. The highest BCUT2D eigenvalue weighted by atomic mass is 32.2. The molecule has 1 aliphatic rings. The van der Waals surface area contributed by atoms with Gasteiger partial charge in [0, 0.05) is 24.8 Å². The Hall–Kier alpha value is -3.09. The van der Waals surface area contributed by atoms with E-state index in [2.05, 4.69) is 5.32 Å². The second-order valence-electron chi connectivity index (χ2n) is 6.68. The molecule has 0 aromatic heterocycles. The standard InChI is InChI=1S/C21H23N3O5S/c1-2-28-20-12-16(14-22)8-9-19(20)29-15-21(25)23-17-6-5-7-18(13-17)30(26,27)24-10-3-4-11-24/h5-9,12-13H,2-4,10-11,15H2,1H3,(H,23,25). The smallest absolute Gasteiger partial charge is 0.262 e. The third-order valence-electron chi connectivity index (χ3n) is 4.55. The van der Waals surface area contributed by atoms with Crippen molar-refractivity contribution in [2.45, 2.75) is 24.7 Å². The van der Waals surface area contributed by atoms with Gasteiger partial charge in [0.05, 0.1) is 23.1 Å². The number of anilines is 1. The third-order valence-corrected chi connectivity index (χ3v) is 6.45. The highest BCUT2D eigenvalue weighted by Crippen LogP contribution is 2.28. The number of amides is 1. The predicted molar refractivity (Wildman–Crippen MR) is 111 cm³/mol. The monoisotopic (exact) mass is 429 g/mol. The zero-order valence-electron chi connectivity index (χ0n) is 16.6. The molecule has 3 rings (SSSR count). The Morgan fingerprint density at radius 2 is 1.90 bits per heavy atom. The van der Waals surface area contributed by atoms with Crippen molar-refractivity contribution in [3.8, 4) is 17.6 Å². The molecule has 9 heteroatoms. The number of carbonyl (C=O) groups excluding carboxylic acids is 1. The highest BCUT2D eigenvalue weighted by Gasteiger charge is 2.27. The van der Waals surface area contributed by atoms with Gasteiger partial charge in [-0.1, -0.05) is 6.07 Å². The Morgan fingerprint density at radius 1 is 1.13 bits per heavy atom. The van der Waals surface area contributed by atoms with Gasteiger partial charge in [-0.05, 0) is 50.1 Å². The molecule has 2 aromatic rings. The average molecular weight is 429 g/mol. The fourth-order valence-electron chi connectivity index (χ4n) is 3.12. The van der Waals surface area contributed by atoms with E-state index in [-0.39, 0.29) is 11.5 Å². The van der Waals surface area contributed by atoms with Gasteiger partial charge in [-0.25, -0.2) is 8.42 Å². The molecule has 8 nitrogen and oxygen atoms in total. The zero-order chi connectivity index (χ0) is 21.6. The van der Waals surface area contributed by atoms with Crippen molar-refractivity contribution in [1.29, 1.82) is 5.26 Å². The highest BCUT2D eigenvalue weighted by molar-refractivity contribution is 7.89. The summed E-state index contributed by atoms with van der Waals surface area (Å²) in [5.41, 5.74) is 0.792. The summed E-state index contributed by atoms with van der Waals surface area (Å²) in [6.07, 6.45) is 1.71. The molecule has 0 bridgehead atoms. The van der Waals surface area contributed by atoms with Gasteiger partial charge >= 0.3 is 0 Å². The van der Waals surface area contributed by atoms with Crippen LogP contribution in [-0.4, -0.2) is 44.9 Å². The van der Waals surface area contributed by atoms with E-state index in [1.807, 2.05) is 6.07 Å². The van der Waals surface area contributed by atoms with Crippen LogP contribution in [0.2, 0.25) is 0 Å². The molecule has 30 heavy (non-hydrogen) atoms. The van der Waals surface area contributed by atoms with Crippen LogP contribution in [0.4, 0.5) is 5.69 Å². The van der Waals surface area contributed by atoms with Crippen molar-refractivity contribution in [2.75, 3.05) is 31.6 Å². The molecule has 0 saturated carbocycles. The van der Waals surface area contributed by atoms with Crippen molar-refractivity contribution in [3.63, 3.8) is 0 Å². The van der Waals surface area contributed by atoms with E-state index in [4.69, 9.17) is 14.7 Å². The number of carbonyl (C=O) groups is 1. The molecular weight excluding hydrogens is 406 g/mol. The van der Waals surface area contributed by atoms with Gasteiger partial charge in [0.2, 0.25) is 10.0 Å². The Balaban J connectivity index is 1.65. The number of hydrogen-bond donors (Lipinski definition) is 1. The Bertz CT molecular complexity index is 1060. The summed E-state index contributed by atoms with van der Waals surface area (Å²) in [5.74, 6) is 0.275. The van der Waals surface area contributed by atoms with Crippen molar-refractivity contribution in [2.24, 2.45) is 0 Å². The van der Waals surface area contributed by atoms with Crippen LogP contribution in [0.15, 0.2) is 47.4 Å². The first-order valence-corrected chi connectivity index (χ1v) is 11.1. The summed E-state index contributed by atoms with van der Waals surface area (Å²) < 4.78 is 37.8. The lowest BCUT2D eigenvalue weighted by Gasteiger charge is -2.16. The fraction of sp³-hybridized carbons (Fsp3) is 0.333. The van der Waals surface area contributed by atoms with Crippen LogP contribution in [0, 0.1) is 11.3 Å². The van der Waals surface area contributed by atoms with Crippen molar-refractivity contribution in [3.05, 3.63) is 48.0 Å². The van der Waals surface area contributed by atoms with E-state index < -0.39 is 15.9 Å². The minimum atomic E-state index is -3.56. The van der Waals surface area contributed by atoms with Crippen molar-refractivity contribution < 1.29 is 22.7 Å². The molecule has 158 valence electrons. The average Bonchev–Trinajstić information content (AvgIpc) is 3.29. The molecule has 1 aliphatic heterocycles. The number of nitrogens with zero attached hydrogens (tertiary/aromatic N) is 2. The minimum Gasteiger partial charge on any atom is -0.490 e. The quantitative estimate of drug-likeness (QED) is 0.691. The summed E-state index contributed by atoms with van der Waals surface area (Å²) >= 11 is 0. The summed E-state index contributed by atoms with van der Waals surface area (Å²) in [5, 5.41) is 11.6. The maximum absolute atomic E-state index is 12.7.